The van der Waals surface area contributed by atoms with Gasteiger partial charge >= 0.3 is 0 Å². The highest BCUT2D eigenvalue weighted by molar-refractivity contribution is 7.89. The quantitative estimate of drug-likeness (QED) is 0.158. The average molecular weight is 519 g/mol. The van der Waals surface area contributed by atoms with Gasteiger partial charge in [0.2, 0.25) is 10.0 Å². The molecule has 0 N–H and O–H groups in total. The van der Waals surface area contributed by atoms with Crippen molar-refractivity contribution < 1.29 is 36.9 Å². The van der Waals surface area contributed by atoms with Gasteiger partial charge in [0, 0.05) is 7.05 Å². The van der Waals surface area contributed by atoms with E-state index in [1.165, 1.54) is 64.2 Å². The van der Waals surface area contributed by atoms with Crippen LogP contribution in [0.25, 0.3) is 0 Å². The van der Waals surface area contributed by atoms with Crippen molar-refractivity contribution in [3.05, 3.63) is 0 Å². The van der Waals surface area contributed by atoms with Crippen LogP contribution in [0.3, 0.4) is 0 Å². The SMILES string of the molecule is CCCCCCCCCCCCCCS(=O)(=O)N(C)CC[N+](C)(C)CC.[I-]. The largest absolute Gasteiger partial charge is 1.00 e. The van der Waals surface area contributed by atoms with Crippen LogP contribution in [-0.4, -0.2) is 63.7 Å². The number of quaternary nitrogens is 1. The molecule has 0 aromatic carbocycles. The average Bonchev–Trinajstić information content (AvgIpc) is 2.60. The van der Waals surface area contributed by atoms with Gasteiger partial charge in [-0.05, 0) is 13.3 Å². The molecule has 0 aliphatic heterocycles. The second-order valence-corrected chi connectivity index (χ2v) is 10.7. The van der Waals surface area contributed by atoms with Crippen LogP contribution in [0.5, 0.6) is 0 Å². The van der Waals surface area contributed by atoms with E-state index in [4.69, 9.17) is 0 Å². The minimum atomic E-state index is -3.08. The Morgan fingerprint density at radius 1 is 0.741 bits per heavy atom. The number of nitrogens with zero attached hydrogens (tertiary/aromatic N) is 2. The minimum Gasteiger partial charge on any atom is -1.00 e. The summed E-state index contributed by atoms with van der Waals surface area (Å²) < 4.78 is 27.1. The fourth-order valence-corrected chi connectivity index (χ4v) is 4.23. The van der Waals surface area contributed by atoms with E-state index in [-0.39, 0.29) is 24.0 Å². The molecule has 0 saturated heterocycles. The van der Waals surface area contributed by atoms with Gasteiger partial charge in [-0.2, -0.15) is 4.31 Å². The molecule has 0 saturated carbocycles. The Morgan fingerprint density at radius 3 is 1.56 bits per heavy atom. The molecular formula is C21H47IN2O2S. The van der Waals surface area contributed by atoms with Crippen molar-refractivity contribution in [3.63, 3.8) is 0 Å². The number of sulfonamides is 1. The number of hydrogen-bond acceptors (Lipinski definition) is 2. The highest BCUT2D eigenvalue weighted by Crippen LogP contribution is 2.13. The molecule has 0 aliphatic carbocycles. The van der Waals surface area contributed by atoms with E-state index in [1.54, 1.807) is 11.4 Å². The van der Waals surface area contributed by atoms with Gasteiger partial charge in [-0.3, -0.25) is 0 Å². The Labute approximate surface area is 188 Å². The molecule has 0 rings (SSSR count). The maximum Gasteiger partial charge on any atom is 0.214 e. The minimum absolute atomic E-state index is 0. The lowest BCUT2D eigenvalue weighted by atomic mass is 10.1. The molecule has 27 heavy (non-hydrogen) atoms. The Hall–Kier alpha value is 0.600. The van der Waals surface area contributed by atoms with Crippen molar-refractivity contribution in [2.75, 3.05) is 46.5 Å². The van der Waals surface area contributed by atoms with Gasteiger partial charge in [0.15, 0.2) is 0 Å². The molecule has 0 aromatic heterocycles. The van der Waals surface area contributed by atoms with Crippen LogP contribution in [0.1, 0.15) is 90.9 Å². The molecule has 0 aromatic rings. The molecule has 0 heterocycles. The monoisotopic (exact) mass is 518 g/mol. The zero-order valence-corrected chi connectivity index (χ0v) is 21.8. The first kappa shape index (κ1) is 29.8. The van der Waals surface area contributed by atoms with Crippen molar-refractivity contribution in [1.29, 1.82) is 0 Å². The zero-order valence-electron chi connectivity index (χ0n) is 18.8. The maximum atomic E-state index is 12.3. The van der Waals surface area contributed by atoms with E-state index in [9.17, 15) is 8.42 Å². The van der Waals surface area contributed by atoms with Crippen LogP contribution in [0.15, 0.2) is 0 Å². The van der Waals surface area contributed by atoms with Gasteiger partial charge in [0.25, 0.3) is 0 Å². The standard InChI is InChI=1S/C21H47N2O2S.HI/c1-6-8-9-10-11-12-13-14-15-16-17-18-21-26(24,25)22(3)19-20-23(4,5)7-2;/h6-21H2,1-5H3;1H/q+1;/p-1. The molecule has 0 bridgehead atoms. The zero-order chi connectivity index (χ0) is 19.9. The van der Waals surface area contributed by atoms with Crippen molar-refractivity contribution in [2.45, 2.75) is 90.9 Å². The summed E-state index contributed by atoms with van der Waals surface area (Å²) in [5.74, 6) is 0.306. The van der Waals surface area contributed by atoms with E-state index in [1.807, 2.05) is 0 Å². The lowest BCUT2D eigenvalue weighted by molar-refractivity contribution is -0.887. The lowest BCUT2D eigenvalue weighted by Gasteiger charge is -2.30. The van der Waals surface area contributed by atoms with Gasteiger partial charge in [-0.15, -0.1) is 0 Å². The fourth-order valence-electron chi connectivity index (χ4n) is 2.99. The van der Waals surface area contributed by atoms with Gasteiger partial charge in [-0.1, -0.05) is 77.6 Å². The Morgan fingerprint density at radius 2 is 1.15 bits per heavy atom. The summed E-state index contributed by atoms with van der Waals surface area (Å²) in [5.41, 5.74) is 0. The normalized spacial score (nSPS) is 12.4. The lowest BCUT2D eigenvalue weighted by Crippen LogP contribution is -3.00. The van der Waals surface area contributed by atoms with Crippen LogP contribution in [0, 0.1) is 0 Å². The fraction of sp³-hybridized carbons (Fsp3) is 1.00. The first-order chi connectivity index (χ1) is 12.2. The molecule has 0 fully saturated rings. The number of unbranched alkanes of at least 4 members (excludes halogenated alkanes) is 11. The molecule has 0 unspecified atom stereocenters. The summed E-state index contributed by atoms with van der Waals surface area (Å²) in [6, 6.07) is 0. The molecule has 0 radical (unpaired) electrons. The predicted octanol–water partition coefficient (Wildman–Crippen LogP) is 2.05. The smallest absolute Gasteiger partial charge is 0.214 e. The predicted molar refractivity (Wildman–Crippen MR) is 115 cm³/mol. The van der Waals surface area contributed by atoms with Crippen molar-refractivity contribution in [1.82, 2.24) is 4.31 Å². The Kier molecular flexibility index (Phi) is 19.3. The highest BCUT2D eigenvalue weighted by atomic mass is 127. The van der Waals surface area contributed by atoms with E-state index >= 15 is 0 Å². The highest BCUT2D eigenvalue weighted by Gasteiger charge is 2.20. The van der Waals surface area contributed by atoms with Crippen LogP contribution in [0.4, 0.5) is 0 Å². The summed E-state index contributed by atoms with van der Waals surface area (Å²) in [6.07, 6.45) is 15.2. The van der Waals surface area contributed by atoms with Crippen LogP contribution < -0.4 is 24.0 Å². The molecule has 0 spiro atoms. The van der Waals surface area contributed by atoms with E-state index in [2.05, 4.69) is 27.9 Å². The molecule has 4 nitrogen and oxygen atoms in total. The summed E-state index contributed by atoms with van der Waals surface area (Å²) in [5, 5.41) is 0. The number of rotatable bonds is 18. The van der Waals surface area contributed by atoms with Crippen molar-refractivity contribution >= 4 is 10.0 Å². The van der Waals surface area contributed by atoms with Crippen molar-refractivity contribution in [2.24, 2.45) is 0 Å². The molecule has 0 aliphatic rings. The second-order valence-electron chi connectivity index (χ2n) is 8.50. The topological polar surface area (TPSA) is 37.4 Å². The summed E-state index contributed by atoms with van der Waals surface area (Å²) in [6.45, 7) is 6.90. The third-order valence-corrected chi connectivity index (χ3v) is 7.54. The summed E-state index contributed by atoms with van der Waals surface area (Å²) >= 11 is 0. The summed E-state index contributed by atoms with van der Waals surface area (Å²) in [4.78, 5) is 0. The second kappa shape index (κ2) is 17.5. The van der Waals surface area contributed by atoms with Crippen LogP contribution in [0.2, 0.25) is 0 Å². The Bertz CT molecular complexity index is 428. The Balaban J connectivity index is 0. The van der Waals surface area contributed by atoms with E-state index < -0.39 is 10.0 Å². The molecule has 6 heteroatoms. The first-order valence-electron chi connectivity index (χ1n) is 11.0. The van der Waals surface area contributed by atoms with Gasteiger partial charge in [-0.25, -0.2) is 8.42 Å². The van der Waals surface area contributed by atoms with Crippen molar-refractivity contribution in [3.8, 4) is 0 Å². The molecule has 0 atom stereocenters. The first-order valence-corrected chi connectivity index (χ1v) is 12.6. The third kappa shape index (κ3) is 17.2. The summed E-state index contributed by atoms with van der Waals surface area (Å²) in [7, 11) is 2.94. The maximum absolute atomic E-state index is 12.3. The molecular weight excluding hydrogens is 471 g/mol. The van der Waals surface area contributed by atoms with Crippen LogP contribution >= 0.6 is 0 Å². The van der Waals surface area contributed by atoms with Crippen LogP contribution in [-0.2, 0) is 10.0 Å². The van der Waals surface area contributed by atoms with E-state index in [0.29, 0.717) is 12.3 Å². The molecule has 166 valence electrons. The van der Waals surface area contributed by atoms with Gasteiger partial charge in [0.1, 0.15) is 0 Å². The molecule has 0 amide bonds. The van der Waals surface area contributed by atoms with Gasteiger partial charge in [0.05, 0.1) is 39.5 Å². The van der Waals surface area contributed by atoms with Gasteiger partial charge < -0.3 is 28.5 Å². The number of halogens is 1. The number of hydrogen-bond donors (Lipinski definition) is 0. The third-order valence-electron chi connectivity index (χ3n) is 5.61. The van der Waals surface area contributed by atoms with E-state index in [0.717, 1.165) is 30.4 Å². The number of likely N-dealkylation sites (N-methyl/N-ethyl adjacent to an activating group) is 2.